The minimum Gasteiger partial charge on any atom is -0.461 e. The zero-order chi connectivity index (χ0) is 47.0. The Morgan fingerprint density at radius 1 is 0.531 bits per heavy atom. The minimum atomic E-state index is -0.637. The zero-order valence-electron chi connectivity index (χ0n) is 40.8. The number of hydrogen-bond donors (Lipinski definition) is 2. The second-order valence-corrected chi connectivity index (χ2v) is 17.1. The highest BCUT2D eigenvalue weighted by molar-refractivity contribution is 5.70. The smallest absolute Gasteiger partial charge is 0.306 e. The number of ether oxygens (including phenoxy) is 6. The molecule has 372 valence electrons. The molecule has 0 amide bonds. The molecule has 13 nitrogen and oxygen atoms in total. The van der Waals surface area contributed by atoms with Crippen molar-refractivity contribution in [3.8, 4) is 0 Å². The van der Waals surface area contributed by atoms with Crippen LogP contribution in [0.1, 0.15) is 195 Å². The monoisotopic (exact) mass is 910 g/mol. The average Bonchev–Trinajstić information content (AvgIpc) is 3.87. The summed E-state index contributed by atoms with van der Waals surface area (Å²) in [6.07, 6.45) is 25.2. The molecule has 2 N–H and O–H groups in total. The second-order valence-electron chi connectivity index (χ2n) is 17.1. The Morgan fingerprint density at radius 2 is 0.938 bits per heavy atom. The van der Waals surface area contributed by atoms with Crippen LogP contribution in [0.15, 0.2) is 24.3 Å². The number of carbonyl (C=O) groups is 4. The van der Waals surface area contributed by atoms with Crippen molar-refractivity contribution in [1.29, 1.82) is 0 Å². The molecule has 64 heavy (non-hydrogen) atoms. The molecule has 2 aliphatic rings. The van der Waals surface area contributed by atoms with Gasteiger partial charge in [-0.2, -0.15) is 0 Å². The van der Waals surface area contributed by atoms with Gasteiger partial charge in [0.1, 0.15) is 25.4 Å². The van der Waals surface area contributed by atoms with Crippen molar-refractivity contribution in [2.45, 2.75) is 232 Å². The largest absolute Gasteiger partial charge is 0.461 e. The van der Waals surface area contributed by atoms with Crippen LogP contribution in [0.25, 0.3) is 0 Å². The highest BCUT2D eigenvalue weighted by Crippen LogP contribution is 2.31. The molecule has 0 spiro atoms. The summed E-state index contributed by atoms with van der Waals surface area (Å²) in [5.74, 6) is -1.08. The summed E-state index contributed by atoms with van der Waals surface area (Å²) in [5.41, 5.74) is 0. The van der Waals surface area contributed by atoms with Gasteiger partial charge in [-0.05, 0) is 70.8 Å². The van der Waals surface area contributed by atoms with Gasteiger partial charge in [-0.25, -0.2) is 0 Å². The fraction of sp³-hybridized carbons (Fsp3) is 0.843. The van der Waals surface area contributed by atoms with E-state index in [0.717, 1.165) is 64.2 Å². The molecule has 0 aliphatic carbocycles. The summed E-state index contributed by atoms with van der Waals surface area (Å²) in [6.45, 7) is 12.5. The van der Waals surface area contributed by atoms with Crippen LogP contribution in [0.5, 0.6) is 0 Å². The maximum atomic E-state index is 12.9. The van der Waals surface area contributed by atoms with Crippen molar-refractivity contribution < 1.29 is 57.8 Å². The van der Waals surface area contributed by atoms with Gasteiger partial charge in [0.25, 0.3) is 0 Å². The van der Waals surface area contributed by atoms with E-state index < -0.39 is 36.6 Å². The third-order valence-electron chi connectivity index (χ3n) is 11.4. The Labute approximate surface area is 387 Å². The molecule has 0 radical (unpaired) electrons. The third kappa shape index (κ3) is 30.4. The number of esters is 4. The average molecular weight is 910 g/mol. The van der Waals surface area contributed by atoms with Gasteiger partial charge in [-0.3, -0.25) is 24.1 Å². The Hall–Kier alpha value is -2.84. The van der Waals surface area contributed by atoms with E-state index in [1.807, 2.05) is 37.8 Å². The highest BCUT2D eigenvalue weighted by atomic mass is 16.7. The summed E-state index contributed by atoms with van der Waals surface area (Å²) >= 11 is 0. The first-order valence-electron chi connectivity index (χ1n) is 25.5. The molecule has 2 saturated heterocycles. The van der Waals surface area contributed by atoms with Crippen molar-refractivity contribution in [2.24, 2.45) is 0 Å². The van der Waals surface area contributed by atoms with Crippen LogP contribution in [0, 0.1) is 0 Å². The molecule has 6 unspecified atom stereocenters. The van der Waals surface area contributed by atoms with Gasteiger partial charge >= 0.3 is 23.9 Å². The molecule has 0 aromatic rings. The second kappa shape index (κ2) is 40.4. The normalized spacial score (nSPS) is 19.1. The zero-order valence-corrected chi connectivity index (χ0v) is 40.8. The summed E-state index contributed by atoms with van der Waals surface area (Å²) in [4.78, 5) is 51.4. The molecular formula is C51H91NO12. The molecule has 13 heteroatoms. The van der Waals surface area contributed by atoms with Crippen molar-refractivity contribution in [1.82, 2.24) is 4.90 Å². The molecular weight excluding hydrogens is 819 g/mol. The van der Waals surface area contributed by atoms with Crippen LogP contribution in [-0.2, 0) is 47.6 Å². The molecule has 6 atom stereocenters. The van der Waals surface area contributed by atoms with Gasteiger partial charge in [-0.15, -0.1) is 0 Å². The number of hydrogen-bond acceptors (Lipinski definition) is 13. The number of aliphatic hydroxyl groups excluding tert-OH is 2. The standard InChI is InChI=1S/C49H85NO12.C2H6/c1-4-7-10-12-14-16-24-34-57-44(53)30-22-18-20-27-40(51)36-50(37-41(52)28-21-19-23-31-45(54)58-35-25-17-15-13-11-8-5-2)33-26-32-47(56)62-43-39-60-48-42(38-59-49(43)48)61-46(55)29-9-6-3;1-2/h16-17,24-25,40-43,48-49,51-52H,4-15,18-23,26-39H2,1-3H3;1-2H3/b24-16-,25-17-;. The summed E-state index contributed by atoms with van der Waals surface area (Å²) < 4.78 is 33.6. The molecule has 2 fully saturated rings. The maximum Gasteiger partial charge on any atom is 0.306 e. The lowest BCUT2D eigenvalue weighted by molar-refractivity contribution is -0.155. The molecule has 2 aliphatic heterocycles. The van der Waals surface area contributed by atoms with E-state index in [9.17, 15) is 29.4 Å². The first-order chi connectivity index (χ1) is 31.2. The molecule has 0 aromatic carbocycles. The van der Waals surface area contributed by atoms with Crippen LogP contribution in [0.3, 0.4) is 0 Å². The Balaban J connectivity index is 0.0000101. The van der Waals surface area contributed by atoms with Gasteiger partial charge < -0.3 is 38.6 Å². The quantitative estimate of drug-likeness (QED) is 0.0259. The van der Waals surface area contributed by atoms with E-state index in [-0.39, 0.29) is 43.5 Å². The Kier molecular flexibility index (Phi) is 37.4. The molecule has 0 aromatic heterocycles. The van der Waals surface area contributed by atoms with E-state index in [2.05, 4.69) is 26.0 Å². The predicted octanol–water partition coefficient (Wildman–Crippen LogP) is 9.67. The molecule has 2 heterocycles. The van der Waals surface area contributed by atoms with Gasteiger partial charge in [0, 0.05) is 38.8 Å². The van der Waals surface area contributed by atoms with E-state index in [1.54, 1.807) is 0 Å². The number of carbonyl (C=O) groups excluding carboxylic acids is 4. The van der Waals surface area contributed by atoms with E-state index >= 15 is 0 Å². The lowest BCUT2D eigenvalue weighted by Gasteiger charge is -2.27. The molecule has 0 saturated carbocycles. The number of nitrogens with zero attached hydrogens (tertiary/aromatic N) is 1. The Morgan fingerprint density at radius 3 is 1.38 bits per heavy atom. The number of rotatable bonds is 39. The molecule has 0 bridgehead atoms. The van der Waals surface area contributed by atoms with Crippen molar-refractivity contribution >= 4 is 23.9 Å². The fourth-order valence-corrected chi connectivity index (χ4v) is 7.72. The first-order valence-corrected chi connectivity index (χ1v) is 25.5. The van der Waals surface area contributed by atoms with Crippen LogP contribution < -0.4 is 0 Å². The summed E-state index contributed by atoms with van der Waals surface area (Å²) in [6, 6.07) is 0. The lowest BCUT2D eigenvalue weighted by Crippen LogP contribution is -2.39. The van der Waals surface area contributed by atoms with Crippen LogP contribution in [0.4, 0.5) is 0 Å². The van der Waals surface area contributed by atoms with E-state index in [1.165, 1.54) is 38.5 Å². The van der Waals surface area contributed by atoms with Crippen LogP contribution >= 0.6 is 0 Å². The van der Waals surface area contributed by atoms with E-state index in [4.69, 9.17) is 28.4 Å². The van der Waals surface area contributed by atoms with Gasteiger partial charge in [-0.1, -0.05) is 130 Å². The number of allylic oxidation sites excluding steroid dienone is 2. The van der Waals surface area contributed by atoms with E-state index in [0.29, 0.717) is 84.2 Å². The van der Waals surface area contributed by atoms with Crippen molar-refractivity contribution in [3.05, 3.63) is 24.3 Å². The maximum absolute atomic E-state index is 12.9. The predicted molar refractivity (Wildman–Crippen MR) is 252 cm³/mol. The topological polar surface area (TPSA) is 167 Å². The Bertz CT molecular complexity index is 1190. The van der Waals surface area contributed by atoms with Crippen LogP contribution in [0.2, 0.25) is 0 Å². The first kappa shape index (κ1) is 59.2. The summed E-state index contributed by atoms with van der Waals surface area (Å²) in [7, 11) is 0. The van der Waals surface area contributed by atoms with Gasteiger partial charge in [0.2, 0.25) is 0 Å². The highest BCUT2D eigenvalue weighted by Gasteiger charge is 2.51. The fourth-order valence-electron chi connectivity index (χ4n) is 7.72. The third-order valence-corrected chi connectivity index (χ3v) is 11.4. The minimum absolute atomic E-state index is 0.141. The van der Waals surface area contributed by atoms with Gasteiger partial charge in [0.05, 0.1) is 25.4 Å². The van der Waals surface area contributed by atoms with Crippen molar-refractivity contribution in [2.75, 3.05) is 46.1 Å². The number of fused-ring (bicyclic) bond motifs is 1. The summed E-state index contributed by atoms with van der Waals surface area (Å²) in [5, 5.41) is 22.0. The van der Waals surface area contributed by atoms with Crippen molar-refractivity contribution in [3.63, 3.8) is 0 Å². The number of unbranched alkanes of at least 4 members (excludes halogenated alkanes) is 13. The van der Waals surface area contributed by atoms with Gasteiger partial charge in [0.15, 0.2) is 12.2 Å². The lowest BCUT2D eigenvalue weighted by atomic mass is 10.1. The number of aliphatic hydroxyl groups is 2. The molecule has 2 rings (SSSR count). The van der Waals surface area contributed by atoms with Crippen LogP contribution in [-0.4, -0.2) is 122 Å². The SMILES string of the molecule is CC.CCCCCC/C=C\COC(=O)CCCCCC(O)CN(CCCC(=O)OC1COC2C(OC(=O)CCCC)COC12)CC(O)CCCCCC(=O)OC/C=C\CCCCCC.